The van der Waals surface area contributed by atoms with Gasteiger partial charge in [-0.3, -0.25) is 0 Å². The first-order chi connectivity index (χ1) is 10.2. The third-order valence-corrected chi connectivity index (χ3v) is 4.63. The molecule has 0 radical (unpaired) electrons. The van der Waals surface area contributed by atoms with Crippen molar-refractivity contribution in [3.05, 3.63) is 48.0 Å². The molecule has 1 N–H and O–H groups in total. The third-order valence-electron chi connectivity index (χ3n) is 3.59. The summed E-state index contributed by atoms with van der Waals surface area (Å²) in [5.74, 6) is 2.31. The molecule has 114 valence electrons. The molecule has 1 unspecified atom stereocenters. The standard InChI is InChI=1S/C18H26N2S/c1-4-19-18(14-21-12-11-20(2)3)17-10-9-15-7-5-6-8-16(15)13-17/h5-10,13,18-19H,4,11-12,14H2,1-3H3. The minimum absolute atomic E-state index is 0.437. The maximum absolute atomic E-state index is 3.62. The Labute approximate surface area is 132 Å². The molecular weight excluding hydrogens is 276 g/mol. The van der Waals surface area contributed by atoms with Gasteiger partial charge in [-0.15, -0.1) is 0 Å². The van der Waals surface area contributed by atoms with Crippen molar-refractivity contribution in [1.82, 2.24) is 10.2 Å². The van der Waals surface area contributed by atoms with Crippen molar-refractivity contribution < 1.29 is 0 Å². The first-order valence-electron chi connectivity index (χ1n) is 7.65. The zero-order valence-corrected chi connectivity index (χ0v) is 14.1. The number of rotatable bonds is 8. The predicted octanol–water partition coefficient (Wildman–Crippen LogP) is 3.79. The highest BCUT2D eigenvalue weighted by atomic mass is 32.2. The van der Waals surface area contributed by atoms with Crippen molar-refractivity contribution in [2.45, 2.75) is 13.0 Å². The average molecular weight is 302 g/mol. The van der Waals surface area contributed by atoms with Crippen LogP contribution >= 0.6 is 11.8 Å². The van der Waals surface area contributed by atoms with Crippen LogP contribution in [0.5, 0.6) is 0 Å². The quantitative estimate of drug-likeness (QED) is 0.747. The molecule has 2 aromatic rings. The highest BCUT2D eigenvalue weighted by Crippen LogP contribution is 2.23. The highest BCUT2D eigenvalue weighted by molar-refractivity contribution is 7.99. The van der Waals surface area contributed by atoms with Crippen molar-refractivity contribution in [3.63, 3.8) is 0 Å². The maximum atomic E-state index is 3.62. The number of nitrogens with zero attached hydrogens (tertiary/aromatic N) is 1. The first-order valence-corrected chi connectivity index (χ1v) is 8.80. The Kier molecular flexibility index (Phi) is 6.55. The lowest BCUT2D eigenvalue weighted by Crippen LogP contribution is -2.24. The van der Waals surface area contributed by atoms with Crippen LogP contribution in [-0.4, -0.2) is 43.6 Å². The van der Waals surface area contributed by atoms with Gasteiger partial charge in [0.25, 0.3) is 0 Å². The molecule has 0 heterocycles. The van der Waals surface area contributed by atoms with E-state index in [1.54, 1.807) is 0 Å². The lowest BCUT2D eigenvalue weighted by atomic mass is 10.0. The van der Waals surface area contributed by atoms with E-state index in [4.69, 9.17) is 0 Å². The van der Waals surface area contributed by atoms with Crippen LogP contribution in [0.3, 0.4) is 0 Å². The van der Waals surface area contributed by atoms with Gasteiger partial charge in [-0.2, -0.15) is 11.8 Å². The Balaban J connectivity index is 2.04. The molecule has 3 heteroatoms. The van der Waals surface area contributed by atoms with E-state index in [0.717, 1.165) is 18.8 Å². The minimum Gasteiger partial charge on any atom is -0.310 e. The smallest absolute Gasteiger partial charge is 0.0411 e. The Morgan fingerprint density at radius 2 is 1.86 bits per heavy atom. The number of hydrogen-bond donors (Lipinski definition) is 1. The summed E-state index contributed by atoms with van der Waals surface area (Å²) in [4.78, 5) is 2.24. The summed E-state index contributed by atoms with van der Waals surface area (Å²) in [6.07, 6.45) is 0. The number of nitrogens with one attached hydrogen (secondary N) is 1. The van der Waals surface area contributed by atoms with Gasteiger partial charge in [-0.25, -0.2) is 0 Å². The van der Waals surface area contributed by atoms with Crippen LogP contribution in [0.15, 0.2) is 42.5 Å². The van der Waals surface area contributed by atoms with Crippen LogP contribution in [0.25, 0.3) is 10.8 Å². The fourth-order valence-corrected chi connectivity index (χ4v) is 3.60. The van der Waals surface area contributed by atoms with Gasteiger partial charge >= 0.3 is 0 Å². The summed E-state index contributed by atoms with van der Waals surface area (Å²) in [6, 6.07) is 15.8. The van der Waals surface area contributed by atoms with Gasteiger partial charge < -0.3 is 10.2 Å². The van der Waals surface area contributed by atoms with Gasteiger partial charge in [-0.05, 0) is 43.0 Å². The topological polar surface area (TPSA) is 15.3 Å². The van der Waals surface area contributed by atoms with E-state index < -0.39 is 0 Å². The zero-order chi connectivity index (χ0) is 15.1. The summed E-state index contributed by atoms with van der Waals surface area (Å²) in [5, 5.41) is 6.26. The van der Waals surface area contributed by atoms with Gasteiger partial charge in [0.1, 0.15) is 0 Å². The Hall–Kier alpha value is -1.03. The molecule has 0 aliphatic carbocycles. The molecule has 0 spiro atoms. The summed E-state index contributed by atoms with van der Waals surface area (Å²) in [7, 11) is 4.26. The van der Waals surface area contributed by atoms with Crippen molar-refractivity contribution in [3.8, 4) is 0 Å². The van der Waals surface area contributed by atoms with Gasteiger partial charge in [-0.1, -0.05) is 43.3 Å². The lowest BCUT2D eigenvalue weighted by Gasteiger charge is -2.19. The third kappa shape index (κ3) is 5.03. The molecule has 0 saturated carbocycles. The van der Waals surface area contributed by atoms with E-state index in [9.17, 15) is 0 Å². The molecule has 2 nitrogen and oxygen atoms in total. The molecule has 0 fully saturated rings. The van der Waals surface area contributed by atoms with Crippen LogP contribution in [0, 0.1) is 0 Å². The normalized spacial score (nSPS) is 13.0. The van der Waals surface area contributed by atoms with Crippen LogP contribution in [0.4, 0.5) is 0 Å². The number of fused-ring (bicyclic) bond motifs is 1. The van der Waals surface area contributed by atoms with E-state index in [1.807, 2.05) is 11.8 Å². The SMILES string of the molecule is CCNC(CSCCN(C)C)c1ccc2ccccc2c1. The largest absolute Gasteiger partial charge is 0.310 e. The fraction of sp³-hybridized carbons (Fsp3) is 0.444. The molecule has 0 bridgehead atoms. The maximum Gasteiger partial charge on any atom is 0.0411 e. The molecular formula is C18H26N2S. The Morgan fingerprint density at radius 3 is 2.57 bits per heavy atom. The molecule has 2 aromatic carbocycles. The number of thioether (sulfide) groups is 1. The second-order valence-corrected chi connectivity index (χ2v) is 6.74. The van der Waals surface area contributed by atoms with Crippen molar-refractivity contribution in [1.29, 1.82) is 0 Å². The minimum atomic E-state index is 0.437. The molecule has 0 aliphatic rings. The summed E-state index contributed by atoms with van der Waals surface area (Å²) < 4.78 is 0. The number of hydrogen-bond acceptors (Lipinski definition) is 3. The van der Waals surface area contributed by atoms with Gasteiger partial charge in [0, 0.05) is 24.1 Å². The Morgan fingerprint density at radius 1 is 1.10 bits per heavy atom. The van der Waals surface area contributed by atoms with Crippen LogP contribution in [0.1, 0.15) is 18.5 Å². The molecule has 2 rings (SSSR count). The van der Waals surface area contributed by atoms with Crippen molar-refractivity contribution in [2.24, 2.45) is 0 Å². The highest BCUT2D eigenvalue weighted by Gasteiger charge is 2.10. The molecule has 0 aliphatic heterocycles. The predicted molar refractivity (Wildman–Crippen MR) is 96.2 cm³/mol. The molecule has 0 aromatic heterocycles. The van der Waals surface area contributed by atoms with E-state index in [2.05, 4.69) is 73.7 Å². The van der Waals surface area contributed by atoms with E-state index >= 15 is 0 Å². The monoisotopic (exact) mass is 302 g/mol. The Bertz CT molecular complexity index is 554. The van der Waals surface area contributed by atoms with Gasteiger partial charge in [0.15, 0.2) is 0 Å². The van der Waals surface area contributed by atoms with Gasteiger partial charge in [0.05, 0.1) is 0 Å². The molecule has 1 atom stereocenters. The molecule has 21 heavy (non-hydrogen) atoms. The lowest BCUT2D eigenvalue weighted by molar-refractivity contribution is 0.437. The van der Waals surface area contributed by atoms with Crippen LogP contribution < -0.4 is 5.32 Å². The first kappa shape index (κ1) is 16.3. The van der Waals surface area contributed by atoms with E-state index in [-0.39, 0.29) is 0 Å². The second kappa shape index (κ2) is 8.42. The summed E-state index contributed by atoms with van der Waals surface area (Å²) >= 11 is 2.03. The van der Waals surface area contributed by atoms with Crippen molar-refractivity contribution >= 4 is 22.5 Å². The van der Waals surface area contributed by atoms with Crippen LogP contribution in [-0.2, 0) is 0 Å². The van der Waals surface area contributed by atoms with Crippen LogP contribution in [0.2, 0.25) is 0 Å². The zero-order valence-electron chi connectivity index (χ0n) is 13.3. The average Bonchev–Trinajstić information content (AvgIpc) is 2.49. The van der Waals surface area contributed by atoms with E-state index in [1.165, 1.54) is 22.1 Å². The van der Waals surface area contributed by atoms with Gasteiger partial charge in [0.2, 0.25) is 0 Å². The molecule has 0 saturated heterocycles. The molecule has 0 amide bonds. The number of benzene rings is 2. The second-order valence-electron chi connectivity index (χ2n) is 5.60. The summed E-state index contributed by atoms with van der Waals surface area (Å²) in [6.45, 7) is 4.32. The fourth-order valence-electron chi connectivity index (χ4n) is 2.39. The van der Waals surface area contributed by atoms with E-state index in [0.29, 0.717) is 6.04 Å². The summed E-state index contributed by atoms with van der Waals surface area (Å²) in [5.41, 5.74) is 1.40. The van der Waals surface area contributed by atoms with Crippen molar-refractivity contribution in [2.75, 3.05) is 38.7 Å².